The molecule has 0 radical (unpaired) electrons. The number of benzene rings is 1. The number of hydrogen-bond donors (Lipinski definition) is 1. The number of aryl methyl sites for hydroxylation is 2. The molecular weight excluding hydrogens is 240 g/mol. The molecule has 1 aromatic heterocycles. The van der Waals surface area contributed by atoms with Crippen molar-refractivity contribution < 1.29 is 9.90 Å². The number of aliphatic carboxylic acids is 1. The molecule has 4 nitrogen and oxygen atoms in total. The van der Waals surface area contributed by atoms with Crippen LogP contribution in [-0.4, -0.2) is 20.6 Å². The minimum atomic E-state index is -0.698. The van der Waals surface area contributed by atoms with Crippen LogP contribution in [0.3, 0.4) is 0 Å². The Morgan fingerprint density at radius 3 is 2.95 bits per heavy atom. The molecule has 1 saturated carbocycles. The van der Waals surface area contributed by atoms with Crippen LogP contribution >= 0.6 is 0 Å². The summed E-state index contributed by atoms with van der Waals surface area (Å²) < 4.78 is 2.20. The Balaban J connectivity index is 2.08. The molecular formula is C15H18N2O2. The zero-order valence-electron chi connectivity index (χ0n) is 11.3. The number of aromatic nitrogens is 2. The Morgan fingerprint density at radius 1 is 1.53 bits per heavy atom. The third-order valence-corrected chi connectivity index (χ3v) is 3.82. The van der Waals surface area contributed by atoms with Gasteiger partial charge in [0.2, 0.25) is 0 Å². The van der Waals surface area contributed by atoms with Crippen LogP contribution in [0.15, 0.2) is 18.2 Å². The van der Waals surface area contributed by atoms with E-state index in [-0.39, 0.29) is 11.8 Å². The van der Waals surface area contributed by atoms with Crippen molar-refractivity contribution in [1.29, 1.82) is 0 Å². The Hall–Kier alpha value is -1.84. The molecule has 1 aliphatic rings. The Labute approximate surface area is 112 Å². The number of hydrogen-bond acceptors (Lipinski definition) is 2. The molecule has 19 heavy (non-hydrogen) atoms. The molecule has 0 spiro atoms. The van der Waals surface area contributed by atoms with Crippen LogP contribution in [0.4, 0.5) is 0 Å². The first-order chi connectivity index (χ1) is 9.11. The molecule has 1 aliphatic carbocycles. The smallest absolute Gasteiger partial charge is 0.307 e. The minimum absolute atomic E-state index is 0.0942. The van der Waals surface area contributed by atoms with E-state index in [2.05, 4.69) is 41.6 Å². The van der Waals surface area contributed by atoms with Crippen molar-refractivity contribution >= 4 is 17.0 Å². The molecule has 1 N–H and O–H groups in total. The van der Waals surface area contributed by atoms with Crippen molar-refractivity contribution in [2.45, 2.75) is 39.2 Å². The fraction of sp³-hybridized carbons (Fsp3) is 0.467. The molecule has 2 unspecified atom stereocenters. The van der Waals surface area contributed by atoms with Gasteiger partial charge in [-0.05, 0) is 37.5 Å². The highest BCUT2D eigenvalue weighted by Crippen LogP contribution is 2.47. The van der Waals surface area contributed by atoms with Crippen molar-refractivity contribution in [2.24, 2.45) is 5.92 Å². The number of imidazole rings is 1. The fourth-order valence-electron chi connectivity index (χ4n) is 2.75. The SMILES string of the molecule is CCCn1c(C2CC2C(=O)O)nc2cc(C)ccc21. The highest BCUT2D eigenvalue weighted by atomic mass is 16.4. The zero-order valence-corrected chi connectivity index (χ0v) is 11.3. The molecule has 2 aromatic rings. The molecule has 3 rings (SSSR count). The van der Waals surface area contributed by atoms with Crippen LogP contribution in [0.25, 0.3) is 11.0 Å². The van der Waals surface area contributed by atoms with E-state index in [9.17, 15) is 4.79 Å². The van der Waals surface area contributed by atoms with Gasteiger partial charge in [-0.15, -0.1) is 0 Å². The Bertz CT molecular complexity index is 645. The van der Waals surface area contributed by atoms with Crippen molar-refractivity contribution in [2.75, 3.05) is 0 Å². The van der Waals surface area contributed by atoms with Gasteiger partial charge in [0.15, 0.2) is 0 Å². The predicted octanol–water partition coefficient (Wildman–Crippen LogP) is 2.94. The topological polar surface area (TPSA) is 55.1 Å². The van der Waals surface area contributed by atoms with Gasteiger partial charge in [0, 0.05) is 12.5 Å². The van der Waals surface area contributed by atoms with Gasteiger partial charge in [0.05, 0.1) is 17.0 Å². The molecule has 0 aliphatic heterocycles. The molecule has 1 fully saturated rings. The monoisotopic (exact) mass is 258 g/mol. The summed E-state index contributed by atoms with van der Waals surface area (Å²) >= 11 is 0. The summed E-state index contributed by atoms with van der Waals surface area (Å²) in [6, 6.07) is 6.25. The number of carbonyl (C=O) groups is 1. The van der Waals surface area contributed by atoms with E-state index in [0.29, 0.717) is 0 Å². The first-order valence-electron chi connectivity index (χ1n) is 6.81. The van der Waals surface area contributed by atoms with Gasteiger partial charge in [-0.2, -0.15) is 0 Å². The van der Waals surface area contributed by atoms with Crippen molar-refractivity contribution in [1.82, 2.24) is 9.55 Å². The summed E-state index contributed by atoms with van der Waals surface area (Å²) in [4.78, 5) is 15.7. The minimum Gasteiger partial charge on any atom is -0.481 e. The standard InChI is InChI=1S/C15H18N2O2/c1-3-6-17-13-5-4-9(2)7-12(13)16-14(17)10-8-11(10)15(18)19/h4-5,7,10-11H,3,6,8H2,1-2H3,(H,18,19). The summed E-state index contributed by atoms with van der Waals surface area (Å²) in [7, 11) is 0. The van der Waals surface area contributed by atoms with E-state index in [0.717, 1.165) is 36.2 Å². The molecule has 0 amide bonds. The number of fused-ring (bicyclic) bond motifs is 1. The summed E-state index contributed by atoms with van der Waals surface area (Å²) in [5.41, 5.74) is 3.30. The molecule has 1 aromatic carbocycles. The summed E-state index contributed by atoms with van der Waals surface area (Å²) in [6.07, 6.45) is 1.75. The molecule has 4 heteroatoms. The van der Waals surface area contributed by atoms with Crippen molar-refractivity contribution in [3.05, 3.63) is 29.6 Å². The van der Waals surface area contributed by atoms with Gasteiger partial charge in [-0.1, -0.05) is 13.0 Å². The summed E-state index contributed by atoms with van der Waals surface area (Å²) in [6.45, 7) is 5.08. The maximum absolute atomic E-state index is 11.0. The third kappa shape index (κ3) is 2.01. The van der Waals surface area contributed by atoms with Crippen molar-refractivity contribution in [3.8, 4) is 0 Å². The highest BCUT2D eigenvalue weighted by Gasteiger charge is 2.47. The van der Waals surface area contributed by atoms with E-state index in [1.807, 2.05) is 0 Å². The predicted molar refractivity (Wildman–Crippen MR) is 73.2 cm³/mol. The van der Waals surface area contributed by atoms with Crippen molar-refractivity contribution in [3.63, 3.8) is 0 Å². The Morgan fingerprint density at radius 2 is 2.32 bits per heavy atom. The highest BCUT2D eigenvalue weighted by molar-refractivity contribution is 5.79. The average molecular weight is 258 g/mol. The van der Waals surface area contributed by atoms with Crippen LogP contribution in [-0.2, 0) is 11.3 Å². The second-order valence-corrected chi connectivity index (χ2v) is 5.40. The summed E-state index contributed by atoms with van der Waals surface area (Å²) in [5, 5.41) is 9.09. The molecule has 0 saturated heterocycles. The third-order valence-electron chi connectivity index (χ3n) is 3.82. The lowest BCUT2D eigenvalue weighted by molar-refractivity contribution is -0.138. The molecule has 0 bridgehead atoms. The number of rotatable bonds is 4. The second-order valence-electron chi connectivity index (χ2n) is 5.40. The Kier molecular flexibility index (Phi) is 2.81. The maximum atomic E-state index is 11.0. The van der Waals surface area contributed by atoms with Gasteiger partial charge < -0.3 is 9.67 Å². The van der Waals surface area contributed by atoms with Gasteiger partial charge >= 0.3 is 5.97 Å². The number of carboxylic acids is 1. The van der Waals surface area contributed by atoms with E-state index < -0.39 is 5.97 Å². The van der Waals surface area contributed by atoms with Crippen LogP contribution < -0.4 is 0 Å². The van der Waals surface area contributed by atoms with Crippen LogP contribution in [0.2, 0.25) is 0 Å². The van der Waals surface area contributed by atoms with E-state index in [4.69, 9.17) is 5.11 Å². The quantitative estimate of drug-likeness (QED) is 0.917. The number of nitrogens with zero attached hydrogens (tertiary/aromatic N) is 2. The lowest BCUT2D eigenvalue weighted by atomic mass is 10.2. The van der Waals surface area contributed by atoms with Crippen LogP contribution in [0.1, 0.15) is 37.1 Å². The number of carboxylic acid groups (broad SMARTS) is 1. The van der Waals surface area contributed by atoms with E-state index >= 15 is 0 Å². The van der Waals surface area contributed by atoms with Gasteiger partial charge in [0.25, 0.3) is 0 Å². The fourth-order valence-corrected chi connectivity index (χ4v) is 2.75. The van der Waals surface area contributed by atoms with Gasteiger partial charge in [0.1, 0.15) is 5.82 Å². The van der Waals surface area contributed by atoms with Crippen LogP contribution in [0.5, 0.6) is 0 Å². The maximum Gasteiger partial charge on any atom is 0.307 e. The summed E-state index contributed by atoms with van der Waals surface area (Å²) in [5.74, 6) is 0.108. The lowest BCUT2D eigenvalue weighted by Crippen LogP contribution is -2.05. The zero-order chi connectivity index (χ0) is 13.6. The van der Waals surface area contributed by atoms with Crippen LogP contribution in [0, 0.1) is 12.8 Å². The second kappa shape index (κ2) is 4.37. The molecule has 2 atom stereocenters. The molecule has 100 valence electrons. The van der Waals surface area contributed by atoms with E-state index in [1.165, 1.54) is 5.56 Å². The largest absolute Gasteiger partial charge is 0.481 e. The first kappa shape index (κ1) is 12.2. The van der Waals surface area contributed by atoms with E-state index in [1.54, 1.807) is 0 Å². The molecule has 1 heterocycles. The van der Waals surface area contributed by atoms with Gasteiger partial charge in [-0.25, -0.2) is 4.98 Å². The normalized spacial score (nSPS) is 21.8. The lowest BCUT2D eigenvalue weighted by Gasteiger charge is -2.06. The first-order valence-corrected chi connectivity index (χ1v) is 6.81. The van der Waals surface area contributed by atoms with Gasteiger partial charge in [-0.3, -0.25) is 4.79 Å². The average Bonchev–Trinajstić information content (AvgIpc) is 3.08.